The third-order valence-corrected chi connectivity index (χ3v) is 4.27. The Kier molecular flexibility index (Phi) is 10.3. The SMILES string of the molecule is CC(C)(C)OC(=O)N[C@@H]1COC[C@H]1CO.CC(C)(C)OC(=O)N[C@H]1COC[C@@H]1CO. The van der Waals surface area contributed by atoms with E-state index in [4.69, 9.17) is 29.2 Å². The fraction of sp³-hybridized carbons (Fsp3) is 0.900. The highest BCUT2D eigenvalue weighted by Crippen LogP contribution is 2.15. The van der Waals surface area contributed by atoms with Gasteiger partial charge in [0.25, 0.3) is 0 Å². The quantitative estimate of drug-likeness (QED) is 0.515. The molecule has 4 N–H and O–H groups in total. The van der Waals surface area contributed by atoms with Crippen molar-refractivity contribution in [3.8, 4) is 0 Å². The molecule has 10 heteroatoms. The van der Waals surface area contributed by atoms with Gasteiger partial charge >= 0.3 is 12.2 Å². The van der Waals surface area contributed by atoms with Crippen LogP contribution in [0.25, 0.3) is 0 Å². The zero-order valence-corrected chi connectivity index (χ0v) is 18.9. The van der Waals surface area contributed by atoms with E-state index < -0.39 is 23.4 Å². The van der Waals surface area contributed by atoms with Gasteiger partial charge in [-0.25, -0.2) is 9.59 Å². The Hall–Kier alpha value is -1.62. The second kappa shape index (κ2) is 11.7. The molecular weight excluding hydrogens is 396 g/mol. The van der Waals surface area contributed by atoms with Crippen molar-refractivity contribution in [2.45, 2.75) is 64.8 Å². The van der Waals surface area contributed by atoms with Crippen molar-refractivity contribution in [2.24, 2.45) is 11.8 Å². The Morgan fingerprint density at radius 1 is 0.767 bits per heavy atom. The van der Waals surface area contributed by atoms with Crippen LogP contribution in [-0.2, 0) is 18.9 Å². The minimum atomic E-state index is -0.502. The Balaban J connectivity index is 0.000000300. The summed E-state index contributed by atoms with van der Waals surface area (Å²) in [7, 11) is 0. The molecule has 30 heavy (non-hydrogen) atoms. The van der Waals surface area contributed by atoms with Gasteiger partial charge in [-0.1, -0.05) is 0 Å². The van der Waals surface area contributed by atoms with Crippen LogP contribution in [-0.4, -0.2) is 85.3 Å². The molecule has 2 amide bonds. The van der Waals surface area contributed by atoms with Crippen molar-refractivity contribution in [1.82, 2.24) is 10.6 Å². The predicted octanol–water partition coefficient (Wildman–Crippen LogP) is 1.04. The van der Waals surface area contributed by atoms with Crippen molar-refractivity contribution >= 4 is 12.2 Å². The summed E-state index contributed by atoms with van der Waals surface area (Å²) in [5.74, 6) is -0.0602. The maximum atomic E-state index is 11.4. The van der Waals surface area contributed by atoms with Gasteiger partial charge in [-0.15, -0.1) is 0 Å². The van der Waals surface area contributed by atoms with Gasteiger partial charge in [0.2, 0.25) is 0 Å². The predicted molar refractivity (Wildman–Crippen MR) is 109 cm³/mol. The number of ether oxygens (including phenoxy) is 4. The fourth-order valence-corrected chi connectivity index (χ4v) is 2.79. The third kappa shape index (κ3) is 10.4. The summed E-state index contributed by atoms with van der Waals surface area (Å²) in [6.07, 6.45) is -0.923. The van der Waals surface area contributed by atoms with Gasteiger partial charge in [0.15, 0.2) is 0 Å². The van der Waals surface area contributed by atoms with Crippen LogP contribution in [0.5, 0.6) is 0 Å². The molecule has 0 spiro atoms. The summed E-state index contributed by atoms with van der Waals surface area (Å²) in [5.41, 5.74) is -1.00. The van der Waals surface area contributed by atoms with Gasteiger partial charge in [-0.2, -0.15) is 0 Å². The molecule has 0 unspecified atom stereocenters. The Bertz CT molecular complexity index is 496. The van der Waals surface area contributed by atoms with Crippen LogP contribution in [0.15, 0.2) is 0 Å². The van der Waals surface area contributed by atoms with Crippen LogP contribution in [0.3, 0.4) is 0 Å². The van der Waals surface area contributed by atoms with Crippen LogP contribution in [0.4, 0.5) is 9.59 Å². The first-order valence-corrected chi connectivity index (χ1v) is 10.2. The third-order valence-electron chi connectivity index (χ3n) is 4.27. The first-order valence-electron chi connectivity index (χ1n) is 10.2. The monoisotopic (exact) mass is 434 g/mol. The lowest BCUT2D eigenvalue weighted by molar-refractivity contribution is 0.0473. The first kappa shape index (κ1) is 26.4. The van der Waals surface area contributed by atoms with E-state index in [-0.39, 0.29) is 37.1 Å². The minimum absolute atomic E-state index is 0.0143. The van der Waals surface area contributed by atoms with E-state index in [9.17, 15) is 9.59 Å². The van der Waals surface area contributed by atoms with E-state index in [1.807, 2.05) is 0 Å². The number of aliphatic hydroxyl groups excluding tert-OH is 2. The molecule has 0 aromatic carbocycles. The Morgan fingerprint density at radius 2 is 1.10 bits per heavy atom. The topological polar surface area (TPSA) is 136 Å². The zero-order valence-electron chi connectivity index (χ0n) is 18.9. The van der Waals surface area contributed by atoms with Crippen LogP contribution in [0.1, 0.15) is 41.5 Å². The summed E-state index contributed by atoms with van der Waals surface area (Å²) in [5, 5.41) is 23.4. The van der Waals surface area contributed by atoms with Gasteiger partial charge in [0.05, 0.1) is 51.7 Å². The molecule has 176 valence electrons. The van der Waals surface area contributed by atoms with Crippen LogP contribution in [0.2, 0.25) is 0 Å². The van der Waals surface area contributed by atoms with Crippen molar-refractivity contribution in [2.75, 3.05) is 39.6 Å². The largest absolute Gasteiger partial charge is 0.444 e. The molecule has 2 aliphatic rings. The standard InChI is InChI=1S/2C10H19NO4/c2*1-10(2,3)15-9(13)11-8-6-14-5-7(8)4-12/h2*7-8,12H,4-6H2,1-3H3,(H,11,13)/t2*7-,8-/m10/s1. The number of alkyl carbamates (subject to hydrolysis) is 2. The molecule has 0 bridgehead atoms. The van der Waals surface area contributed by atoms with Gasteiger partial charge in [-0.05, 0) is 41.5 Å². The smallest absolute Gasteiger partial charge is 0.407 e. The fourth-order valence-electron chi connectivity index (χ4n) is 2.79. The molecule has 0 aromatic heterocycles. The first-order chi connectivity index (χ1) is 13.8. The number of hydrogen-bond acceptors (Lipinski definition) is 8. The highest BCUT2D eigenvalue weighted by atomic mass is 16.6. The van der Waals surface area contributed by atoms with Gasteiger partial charge < -0.3 is 39.8 Å². The summed E-state index contributed by atoms with van der Waals surface area (Å²) >= 11 is 0. The van der Waals surface area contributed by atoms with E-state index >= 15 is 0 Å². The molecule has 0 radical (unpaired) electrons. The lowest BCUT2D eigenvalue weighted by Gasteiger charge is -2.23. The number of carbonyl (C=O) groups is 2. The van der Waals surface area contributed by atoms with E-state index in [1.54, 1.807) is 41.5 Å². The highest BCUT2D eigenvalue weighted by Gasteiger charge is 2.31. The number of hydrogen-bond donors (Lipinski definition) is 4. The van der Waals surface area contributed by atoms with Crippen LogP contribution >= 0.6 is 0 Å². The molecule has 2 saturated heterocycles. The van der Waals surface area contributed by atoms with E-state index in [2.05, 4.69) is 10.6 Å². The van der Waals surface area contributed by atoms with Crippen molar-refractivity contribution in [1.29, 1.82) is 0 Å². The second-order valence-corrected chi connectivity index (χ2v) is 9.47. The molecule has 2 rings (SSSR count). The van der Waals surface area contributed by atoms with Crippen molar-refractivity contribution in [3.63, 3.8) is 0 Å². The lowest BCUT2D eigenvalue weighted by Crippen LogP contribution is -2.43. The summed E-state index contributed by atoms with van der Waals surface area (Å²) < 4.78 is 20.5. The maximum Gasteiger partial charge on any atom is 0.407 e. The number of carbonyl (C=O) groups excluding carboxylic acids is 2. The number of nitrogens with one attached hydrogen (secondary N) is 2. The molecular formula is C20H38N2O8. The average molecular weight is 435 g/mol. The Labute approximate surface area is 178 Å². The second-order valence-electron chi connectivity index (χ2n) is 9.47. The molecule has 0 aromatic rings. The van der Waals surface area contributed by atoms with E-state index in [1.165, 1.54) is 0 Å². The van der Waals surface area contributed by atoms with E-state index in [0.717, 1.165) is 0 Å². The lowest BCUT2D eigenvalue weighted by atomic mass is 10.1. The molecule has 4 atom stereocenters. The van der Waals surface area contributed by atoms with E-state index in [0.29, 0.717) is 26.4 Å². The molecule has 10 nitrogen and oxygen atoms in total. The summed E-state index contributed by atoms with van der Waals surface area (Å²) in [4.78, 5) is 22.8. The van der Waals surface area contributed by atoms with Crippen molar-refractivity contribution < 1.29 is 38.7 Å². The molecule has 0 aliphatic carbocycles. The minimum Gasteiger partial charge on any atom is -0.444 e. The Morgan fingerprint density at radius 3 is 1.37 bits per heavy atom. The zero-order chi connectivity index (χ0) is 22.9. The number of aliphatic hydroxyl groups is 2. The van der Waals surface area contributed by atoms with Crippen molar-refractivity contribution in [3.05, 3.63) is 0 Å². The van der Waals surface area contributed by atoms with Gasteiger partial charge in [-0.3, -0.25) is 0 Å². The molecule has 2 fully saturated rings. The highest BCUT2D eigenvalue weighted by molar-refractivity contribution is 5.68. The van der Waals surface area contributed by atoms with Gasteiger partial charge in [0, 0.05) is 11.8 Å². The number of rotatable bonds is 4. The molecule has 2 aliphatic heterocycles. The number of amides is 2. The van der Waals surface area contributed by atoms with Gasteiger partial charge in [0.1, 0.15) is 11.2 Å². The molecule has 2 heterocycles. The van der Waals surface area contributed by atoms with Crippen LogP contribution < -0.4 is 10.6 Å². The molecule has 0 saturated carbocycles. The maximum absolute atomic E-state index is 11.4. The average Bonchev–Trinajstić information content (AvgIpc) is 3.20. The normalized spacial score (nSPS) is 26.4. The van der Waals surface area contributed by atoms with Crippen LogP contribution in [0, 0.1) is 11.8 Å². The summed E-state index contributed by atoms with van der Waals surface area (Å²) in [6.45, 7) is 12.7. The summed E-state index contributed by atoms with van der Waals surface area (Å²) in [6, 6.07) is -0.297.